The molecule has 0 aliphatic carbocycles. The van der Waals surface area contributed by atoms with Gasteiger partial charge in [-0.25, -0.2) is 18.1 Å². The third-order valence-corrected chi connectivity index (χ3v) is 7.04. The number of amides is 1. The summed E-state index contributed by atoms with van der Waals surface area (Å²) in [5.74, 6) is 0.419. The van der Waals surface area contributed by atoms with Crippen molar-refractivity contribution in [1.29, 1.82) is 0 Å². The second-order valence-corrected chi connectivity index (χ2v) is 9.69. The van der Waals surface area contributed by atoms with E-state index in [0.29, 0.717) is 18.9 Å². The van der Waals surface area contributed by atoms with Crippen molar-refractivity contribution >= 4 is 38.8 Å². The first kappa shape index (κ1) is 21.4. The smallest absolute Gasteiger partial charge is 0.255 e. The lowest BCUT2D eigenvalue weighted by molar-refractivity contribution is 0.102. The maximum atomic E-state index is 12.6. The van der Waals surface area contributed by atoms with Crippen molar-refractivity contribution in [2.45, 2.75) is 11.4 Å². The van der Waals surface area contributed by atoms with Crippen LogP contribution in [0.15, 0.2) is 65.0 Å². The molecule has 2 aromatic heterocycles. The summed E-state index contributed by atoms with van der Waals surface area (Å²) >= 11 is 1.47. The van der Waals surface area contributed by atoms with E-state index in [-0.39, 0.29) is 17.0 Å². The quantitative estimate of drug-likeness (QED) is 0.565. The summed E-state index contributed by atoms with van der Waals surface area (Å²) in [6.45, 7) is 3.10. The SMILES string of the molecule is O=C(Nc1ccc(N2CCOCC2)nc1)c1cccc(S(=O)(=O)NCc2cccs2)c1. The molecule has 0 unspecified atom stereocenters. The van der Waals surface area contributed by atoms with Crippen LogP contribution in [0.25, 0.3) is 0 Å². The largest absolute Gasteiger partial charge is 0.378 e. The Morgan fingerprint density at radius 3 is 2.68 bits per heavy atom. The molecule has 31 heavy (non-hydrogen) atoms. The summed E-state index contributed by atoms with van der Waals surface area (Å²) in [5, 5.41) is 4.65. The van der Waals surface area contributed by atoms with Gasteiger partial charge in [-0.1, -0.05) is 12.1 Å². The number of rotatable bonds is 7. The number of ether oxygens (including phenoxy) is 1. The molecule has 8 nitrogen and oxygen atoms in total. The lowest BCUT2D eigenvalue weighted by atomic mass is 10.2. The molecule has 0 spiro atoms. The lowest BCUT2D eigenvalue weighted by Gasteiger charge is -2.27. The van der Waals surface area contributed by atoms with Gasteiger partial charge in [-0.3, -0.25) is 4.79 Å². The summed E-state index contributed by atoms with van der Waals surface area (Å²) in [5.41, 5.74) is 0.780. The number of carbonyl (C=O) groups excluding carboxylic acids is 1. The molecule has 2 N–H and O–H groups in total. The number of hydrogen-bond acceptors (Lipinski definition) is 7. The Balaban J connectivity index is 1.41. The fourth-order valence-electron chi connectivity index (χ4n) is 3.11. The second-order valence-electron chi connectivity index (χ2n) is 6.89. The zero-order chi connectivity index (χ0) is 21.7. The predicted octanol–water partition coefficient (Wildman–Crippen LogP) is 2.71. The minimum Gasteiger partial charge on any atom is -0.378 e. The number of nitrogens with zero attached hydrogens (tertiary/aromatic N) is 2. The van der Waals surface area contributed by atoms with Crippen molar-refractivity contribution in [3.8, 4) is 0 Å². The van der Waals surface area contributed by atoms with Crippen molar-refractivity contribution in [3.05, 3.63) is 70.5 Å². The molecule has 3 heterocycles. The number of hydrogen-bond donors (Lipinski definition) is 2. The Kier molecular flexibility index (Phi) is 6.62. The minimum atomic E-state index is -3.73. The van der Waals surface area contributed by atoms with Gasteiger partial charge < -0.3 is 15.0 Å². The summed E-state index contributed by atoms with van der Waals surface area (Å²) in [6, 6.07) is 13.3. The first-order valence-corrected chi connectivity index (χ1v) is 12.1. The monoisotopic (exact) mass is 458 g/mol. The van der Waals surface area contributed by atoms with Crippen molar-refractivity contribution in [1.82, 2.24) is 9.71 Å². The Labute approximate surface area is 184 Å². The minimum absolute atomic E-state index is 0.0393. The Morgan fingerprint density at radius 1 is 1.13 bits per heavy atom. The summed E-state index contributed by atoms with van der Waals surface area (Å²) in [6.07, 6.45) is 1.59. The first-order chi connectivity index (χ1) is 15.0. The standard InChI is InChI=1S/C21H22N4O4S2/c26-21(24-17-6-7-20(22-14-17)25-8-10-29-11-9-25)16-3-1-5-19(13-16)31(27,28)23-15-18-4-2-12-30-18/h1-7,12-14,23H,8-11,15H2,(H,24,26). The first-order valence-electron chi connectivity index (χ1n) is 9.73. The van der Waals surface area contributed by atoms with E-state index in [0.717, 1.165) is 23.8 Å². The zero-order valence-electron chi connectivity index (χ0n) is 16.7. The van der Waals surface area contributed by atoms with Gasteiger partial charge in [0, 0.05) is 30.1 Å². The highest BCUT2D eigenvalue weighted by Crippen LogP contribution is 2.18. The number of thiophene rings is 1. The van der Waals surface area contributed by atoms with Gasteiger partial charge in [0.25, 0.3) is 5.91 Å². The second kappa shape index (κ2) is 9.56. The summed E-state index contributed by atoms with van der Waals surface area (Å²) in [7, 11) is -3.73. The van der Waals surface area contributed by atoms with Crippen LogP contribution >= 0.6 is 11.3 Å². The van der Waals surface area contributed by atoms with E-state index in [1.54, 1.807) is 24.4 Å². The maximum absolute atomic E-state index is 12.6. The average Bonchev–Trinajstić information content (AvgIpc) is 3.33. The van der Waals surface area contributed by atoms with Crippen LogP contribution in [0, 0.1) is 0 Å². The highest BCUT2D eigenvalue weighted by molar-refractivity contribution is 7.89. The van der Waals surface area contributed by atoms with Crippen LogP contribution in [-0.2, 0) is 21.3 Å². The van der Waals surface area contributed by atoms with Crippen LogP contribution in [0.4, 0.5) is 11.5 Å². The Bertz CT molecular complexity index is 1130. The molecule has 1 aliphatic rings. The third-order valence-electron chi connectivity index (χ3n) is 4.76. The van der Waals surface area contributed by atoms with Gasteiger partial charge in [0.15, 0.2) is 0 Å². The summed E-state index contributed by atoms with van der Waals surface area (Å²) < 4.78 is 33.1. The highest BCUT2D eigenvalue weighted by atomic mass is 32.2. The molecule has 0 radical (unpaired) electrons. The van der Waals surface area contributed by atoms with Crippen LogP contribution < -0.4 is 14.9 Å². The Morgan fingerprint density at radius 2 is 1.97 bits per heavy atom. The Hall–Kier alpha value is -2.79. The lowest BCUT2D eigenvalue weighted by Crippen LogP contribution is -2.36. The predicted molar refractivity (Wildman–Crippen MR) is 120 cm³/mol. The molecule has 1 aliphatic heterocycles. The number of aromatic nitrogens is 1. The van der Waals surface area contributed by atoms with Gasteiger partial charge in [0.2, 0.25) is 10.0 Å². The van der Waals surface area contributed by atoms with Gasteiger partial charge in [-0.2, -0.15) is 0 Å². The van der Waals surface area contributed by atoms with Crippen LogP contribution in [0.1, 0.15) is 15.2 Å². The van der Waals surface area contributed by atoms with Crippen molar-refractivity contribution in [2.75, 3.05) is 36.5 Å². The van der Waals surface area contributed by atoms with Gasteiger partial charge in [-0.05, 0) is 41.8 Å². The molecule has 1 saturated heterocycles. The molecule has 0 saturated carbocycles. The van der Waals surface area contributed by atoms with E-state index in [1.165, 1.54) is 23.5 Å². The molecule has 4 rings (SSSR count). The fourth-order valence-corrected chi connectivity index (χ4v) is 4.90. The van der Waals surface area contributed by atoms with E-state index in [1.807, 2.05) is 23.6 Å². The van der Waals surface area contributed by atoms with Gasteiger partial charge >= 0.3 is 0 Å². The van der Waals surface area contributed by atoms with Gasteiger partial charge in [0.1, 0.15) is 5.82 Å². The van der Waals surface area contributed by atoms with Crippen molar-refractivity contribution in [3.63, 3.8) is 0 Å². The molecule has 0 atom stereocenters. The zero-order valence-corrected chi connectivity index (χ0v) is 18.3. The van der Waals surface area contributed by atoms with E-state index in [9.17, 15) is 13.2 Å². The van der Waals surface area contributed by atoms with Gasteiger partial charge in [0.05, 0.1) is 30.0 Å². The van der Waals surface area contributed by atoms with Crippen LogP contribution in [0.3, 0.4) is 0 Å². The number of nitrogens with one attached hydrogen (secondary N) is 2. The van der Waals surface area contributed by atoms with E-state index >= 15 is 0 Å². The van der Waals surface area contributed by atoms with E-state index in [2.05, 4.69) is 19.9 Å². The van der Waals surface area contributed by atoms with Crippen molar-refractivity contribution in [2.24, 2.45) is 0 Å². The fraction of sp³-hybridized carbons (Fsp3) is 0.238. The number of benzene rings is 1. The number of carbonyl (C=O) groups is 1. The van der Waals surface area contributed by atoms with Gasteiger partial charge in [-0.15, -0.1) is 11.3 Å². The summed E-state index contributed by atoms with van der Waals surface area (Å²) in [4.78, 5) is 20.1. The molecule has 1 aromatic carbocycles. The average molecular weight is 459 g/mol. The molecular weight excluding hydrogens is 436 g/mol. The topological polar surface area (TPSA) is 101 Å². The molecule has 1 amide bonds. The van der Waals surface area contributed by atoms with E-state index in [4.69, 9.17) is 4.74 Å². The maximum Gasteiger partial charge on any atom is 0.255 e. The molecule has 1 fully saturated rings. The number of anilines is 2. The normalized spacial score (nSPS) is 14.4. The van der Waals surface area contributed by atoms with Crippen molar-refractivity contribution < 1.29 is 17.9 Å². The molecule has 162 valence electrons. The van der Waals surface area contributed by atoms with Crippen LogP contribution in [-0.4, -0.2) is 45.6 Å². The number of morpholine rings is 1. The molecule has 0 bridgehead atoms. The number of pyridine rings is 1. The third kappa shape index (κ3) is 5.47. The molecule has 3 aromatic rings. The molecule has 10 heteroatoms. The van der Waals surface area contributed by atoms with E-state index < -0.39 is 15.9 Å². The highest BCUT2D eigenvalue weighted by Gasteiger charge is 2.17. The molecular formula is C21H22N4O4S2. The van der Waals surface area contributed by atoms with Crippen LogP contribution in [0.5, 0.6) is 0 Å². The van der Waals surface area contributed by atoms with Crippen LogP contribution in [0.2, 0.25) is 0 Å². The number of sulfonamides is 1.